The first kappa shape index (κ1) is 9.37. The van der Waals surface area contributed by atoms with E-state index in [0.29, 0.717) is 11.8 Å². The number of aliphatic hydroxyl groups excluding tert-OH is 4. The van der Waals surface area contributed by atoms with Crippen molar-refractivity contribution >= 4 is 16.9 Å². The topological polar surface area (TPSA) is 98.0 Å². The Kier molecular flexibility index (Phi) is 2.61. The molecule has 0 amide bonds. The van der Waals surface area contributed by atoms with Gasteiger partial charge in [0.2, 0.25) is 5.76 Å². The summed E-state index contributed by atoms with van der Waals surface area (Å²) >= 11 is 0.591. The van der Waals surface area contributed by atoms with Gasteiger partial charge in [-0.15, -0.1) is 0 Å². The van der Waals surface area contributed by atoms with E-state index >= 15 is 0 Å². The van der Waals surface area contributed by atoms with Crippen LogP contribution in [0.5, 0.6) is 0 Å². The molecule has 0 aliphatic carbocycles. The molecule has 4 N–H and O–H groups in total. The van der Waals surface area contributed by atoms with E-state index in [1.807, 2.05) is 0 Å². The van der Waals surface area contributed by atoms with Gasteiger partial charge in [0.25, 0.3) is 5.12 Å². The van der Waals surface area contributed by atoms with Crippen LogP contribution in [0.2, 0.25) is 0 Å². The van der Waals surface area contributed by atoms with Crippen molar-refractivity contribution in [3.8, 4) is 0 Å². The normalized spacial score (nSPS) is 26.5. The smallest absolute Gasteiger partial charge is 0.258 e. The van der Waals surface area contributed by atoms with E-state index in [2.05, 4.69) is 0 Å². The van der Waals surface area contributed by atoms with Gasteiger partial charge in [-0.25, -0.2) is 0 Å². The Bertz CT molecular complexity index is 236. The van der Waals surface area contributed by atoms with E-state index in [-0.39, 0.29) is 0 Å². The van der Waals surface area contributed by atoms with Gasteiger partial charge in [0.15, 0.2) is 5.76 Å². The second kappa shape index (κ2) is 3.34. The maximum absolute atomic E-state index is 10.7. The Balaban J connectivity index is 2.80. The lowest BCUT2D eigenvalue weighted by Crippen LogP contribution is -2.26. The second-order valence-corrected chi connectivity index (χ2v) is 3.42. The molecule has 0 saturated carbocycles. The van der Waals surface area contributed by atoms with Crippen molar-refractivity contribution in [2.24, 2.45) is 0 Å². The zero-order valence-electron chi connectivity index (χ0n) is 5.97. The number of hydrogen-bond acceptors (Lipinski definition) is 6. The highest BCUT2D eigenvalue weighted by Gasteiger charge is 2.37. The SMILES string of the molecule is O=C1SC(C(O)CO)C(O)=C1O. The lowest BCUT2D eigenvalue weighted by atomic mass is 10.2. The van der Waals surface area contributed by atoms with Gasteiger partial charge in [-0.1, -0.05) is 11.8 Å². The fourth-order valence-electron chi connectivity index (χ4n) is 0.823. The Morgan fingerprint density at radius 3 is 2.42 bits per heavy atom. The van der Waals surface area contributed by atoms with Crippen molar-refractivity contribution in [3.05, 3.63) is 11.5 Å². The molecule has 2 unspecified atom stereocenters. The van der Waals surface area contributed by atoms with Crippen molar-refractivity contribution in [1.82, 2.24) is 0 Å². The predicted molar refractivity (Wildman–Crippen MR) is 41.8 cm³/mol. The summed E-state index contributed by atoms with van der Waals surface area (Å²) in [7, 11) is 0. The first-order valence-corrected chi connectivity index (χ1v) is 4.08. The summed E-state index contributed by atoms with van der Waals surface area (Å²) in [5.41, 5.74) is 0. The molecule has 12 heavy (non-hydrogen) atoms. The minimum absolute atomic E-state index is 0.563. The molecule has 0 radical (unpaired) electrons. The van der Waals surface area contributed by atoms with Gasteiger partial charge in [0.1, 0.15) is 5.25 Å². The summed E-state index contributed by atoms with van der Waals surface area (Å²) in [6.45, 7) is -0.567. The molecule has 0 saturated heterocycles. The summed E-state index contributed by atoms with van der Waals surface area (Å²) in [5.74, 6) is -1.30. The standard InChI is InChI=1S/C6H8O5S/c7-1-2(8)5-3(9)4(10)6(11)12-5/h2,5,7-10H,1H2. The number of carbonyl (C=O) groups is 1. The highest BCUT2D eigenvalue weighted by Crippen LogP contribution is 2.32. The molecular weight excluding hydrogens is 184 g/mol. The van der Waals surface area contributed by atoms with Crippen LogP contribution in [0.15, 0.2) is 11.5 Å². The molecule has 6 heteroatoms. The molecule has 0 aromatic carbocycles. The van der Waals surface area contributed by atoms with Gasteiger partial charge in [-0.2, -0.15) is 0 Å². The van der Waals surface area contributed by atoms with Crippen LogP contribution in [-0.4, -0.2) is 43.5 Å². The van der Waals surface area contributed by atoms with Crippen molar-refractivity contribution in [1.29, 1.82) is 0 Å². The molecule has 1 heterocycles. The quantitative estimate of drug-likeness (QED) is 0.462. The highest BCUT2D eigenvalue weighted by molar-refractivity contribution is 8.15. The van der Waals surface area contributed by atoms with E-state index in [0.717, 1.165) is 0 Å². The van der Waals surface area contributed by atoms with E-state index < -0.39 is 34.6 Å². The number of hydrogen-bond donors (Lipinski definition) is 4. The van der Waals surface area contributed by atoms with Crippen LogP contribution in [0.25, 0.3) is 0 Å². The summed E-state index contributed by atoms with van der Waals surface area (Å²) < 4.78 is 0. The van der Waals surface area contributed by atoms with Crippen molar-refractivity contribution < 1.29 is 25.2 Å². The largest absolute Gasteiger partial charge is 0.507 e. The minimum atomic E-state index is -1.23. The van der Waals surface area contributed by atoms with E-state index in [1.165, 1.54) is 0 Å². The third-order valence-corrected chi connectivity index (χ3v) is 2.67. The molecular formula is C6H8O5S. The third kappa shape index (κ3) is 1.40. The van der Waals surface area contributed by atoms with Crippen LogP contribution in [0.1, 0.15) is 0 Å². The number of aliphatic hydroxyl groups is 4. The second-order valence-electron chi connectivity index (χ2n) is 2.31. The van der Waals surface area contributed by atoms with Gasteiger partial charge in [0.05, 0.1) is 12.7 Å². The molecule has 1 aliphatic rings. The van der Waals surface area contributed by atoms with Gasteiger partial charge < -0.3 is 20.4 Å². The zero-order valence-corrected chi connectivity index (χ0v) is 6.78. The van der Waals surface area contributed by atoms with Crippen LogP contribution >= 0.6 is 11.8 Å². The van der Waals surface area contributed by atoms with E-state index in [1.54, 1.807) is 0 Å². The Hall–Kier alpha value is -0.720. The maximum Gasteiger partial charge on any atom is 0.258 e. The number of thioether (sulfide) groups is 1. The molecule has 0 bridgehead atoms. The summed E-state index contributed by atoms with van der Waals surface area (Å²) in [6, 6.07) is 0. The lowest BCUT2D eigenvalue weighted by molar-refractivity contribution is -0.110. The van der Waals surface area contributed by atoms with E-state index in [4.69, 9.17) is 20.4 Å². The summed E-state index contributed by atoms with van der Waals surface area (Å²) in [6.07, 6.45) is -1.23. The highest BCUT2D eigenvalue weighted by atomic mass is 32.2. The monoisotopic (exact) mass is 192 g/mol. The minimum Gasteiger partial charge on any atom is -0.507 e. The lowest BCUT2D eigenvalue weighted by Gasteiger charge is -2.12. The van der Waals surface area contributed by atoms with Crippen LogP contribution in [0.4, 0.5) is 0 Å². The van der Waals surface area contributed by atoms with Crippen LogP contribution < -0.4 is 0 Å². The van der Waals surface area contributed by atoms with Crippen LogP contribution in [0, 0.1) is 0 Å². The fourth-order valence-corrected chi connectivity index (χ4v) is 1.74. The maximum atomic E-state index is 10.7. The Labute approximate surface area is 72.3 Å². The number of carbonyl (C=O) groups excluding carboxylic acids is 1. The first-order chi connectivity index (χ1) is 5.57. The summed E-state index contributed by atoms with van der Waals surface area (Å²) in [5, 5.41) is 33.8. The molecule has 0 aromatic rings. The van der Waals surface area contributed by atoms with Gasteiger partial charge in [-0.3, -0.25) is 4.79 Å². The van der Waals surface area contributed by atoms with Gasteiger partial charge in [0, 0.05) is 0 Å². The average molecular weight is 192 g/mol. The molecule has 1 rings (SSSR count). The molecule has 0 aromatic heterocycles. The van der Waals surface area contributed by atoms with Crippen molar-refractivity contribution in [2.75, 3.05) is 6.61 Å². The predicted octanol–water partition coefficient (Wildman–Crippen LogP) is -0.691. The molecule has 5 nitrogen and oxygen atoms in total. The van der Waals surface area contributed by atoms with Crippen LogP contribution in [-0.2, 0) is 4.79 Å². The summed E-state index contributed by atoms with van der Waals surface area (Å²) in [4.78, 5) is 10.7. The molecule has 68 valence electrons. The molecule has 0 spiro atoms. The van der Waals surface area contributed by atoms with Gasteiger partial charge in [-0.05, 0) is 0 Å². The Morgan fingerprint density at radius 1 is 1.50 bits per heavy atom. The third-order valence-electron chi connectivity index (χ3n) is 1.48. The van der Waals surface area contributed by atoms with Gasteiger partial charge >= 0.3 is 0 Å². The van der Waals surface area contributed by atoms with Crippen molar-refractivity contribution in [3.63, 3.8) is 0 Å². The van der Waals surface area contributed by atoms with Crippen molar-refractivity contribution in [2.45, 2.75) is 11.4 Å². The molecule has 2 atom stereocenters. The first-order valence-electron chi connectivity index (χ1n) is 3.20. The van der Waals surface area contributed by atoms with Crippen LogP contribution in [0.3, 0.4) is 0 Å². The zero-order chi connectivity index (χ0) is 9.30. The fraction of sp³-hybridized carbons (Fsp3) is 0.500. The molecule has 0 fully saturated rings. The average Bonchev–Trinajstić information content (AvgIpc) is 2.32. The number of rotatable bonds is 2. The molecule has 1 aliphatic heterocycles. The Morgan fingerprint density at radius 2 is 2.08 bits per heavy atom. The van der Waals surface area contributed by atoms with E-state index in [9.17, 15) is 4.79 Å².